The molecule has 0 saturated heterocycles. The summed E-state index contributed by atoms with van der Waals surface area (Å²) in [5.41, 5.74) is 6.60. The molecule has 19 heavy (non-hydrogen) atoms. The van der Waals surface area contributed by atoms with Gasteiger partial charge in [-0.3, -0.25) is 9.48 Å². The van der Waals surface area contributed by atoms with E-state index in [1.165, 1.54) is 6.33 Å². The van der Waals surface area contributed by atoms with E-state index in [-0.39, 0.29) is 11.9 Å². The largest absolute Gasteiger partial charge is 0.346 e. The Kier molecular flexibility index (Phi) is 4.25. The van der Waals surface area contributed by atoms with Crippen molar-refractivity contribution in [2.24, 2.45) is 5.73 Å². The van der Waals surface area contributed by atoms with Gasteiger partial charge in [0.1, 0.15) is 12.7 Å². The van der Waals surface area contributed by atoms with Crippen LogP contribution in [0.15, 0.2) is 43.0 Å². The summed E-state index contributed by atoms with van der Waals surface area (Å²) in [4.78, 5) is 15.7. The van der Waals surface area contributed by atoms with Crippen LogP contribution in [0, 0.1) is 0 Å². The first-order chi connectivity index (χ1) is 9.16. The maximum atomic E-state index is 11.8. The highest BCUT2D eigenvalue weighted by Gasteiger charge is 2.17. The molecule has 6 nitrogen and oxygen atoms in total. The van der Waals surface area contributed by atoms with Gasteiger partial charge in [-0.05, 0) is 12.5 Å². The number of nitrogens with one attached hydrogen (secondary N) is 1. The van der Waals surface area contributed by atoms with Gasteiger partial charge in [0.15, 0.2) is 0 Å². The minimum Gasteiger partial charge on any atom is -0.346 e. The highest BCUT2D eigenvalue weighted by molar-refractivity contribution is 5.81. The van der Waals surface area contributed by atoms with E-state index in [1.807, 2.05) is 30.3 Å². The molecule has 0 saturated carbocycles. The topological polar surface area (TPSA) is 85.8 Å². The van der Waals surface area contributed by atoms with Crippen molar-refractivity contribution in [1.29, 1.82) is 0 Å². The summed E-state index contributed by atoms with van der Waals surface area (Å²) >= 11 is 0. The molecular weight excluding hydrogens is 242 g/mol. The quantitative estimate of drug-likeness (QED) is 0.818. The highest BCUT2D eigenvalue weighted by atomic mass is 16.2. The van der Waals surface area contributed by atoms with E-state index >= 15 is 0 Å². The van der Waals surface area contributed by atoms with Gasteiger partial charge in [-0.1, -0.05) is 30.3 Å². The van der Waals surface area contributed by atoms with E-state index in [0.717, 1.165) is 5.56 Å². The Hall–Kier alpha value is -2.21. The summed E-state index contributed by atoms with van der Waals surface area (Å²) in [5, 5.41) is 6.98. The molecular formula is C13H17N5O. The Morgan fingerprint density at radius 1 is 1.42 bits per heavy atom. The molecule has 2 aromatic rings. The van der Waals surface area contributed by atoms with Gasteiger partial charge < -0.3 is 11.1 Å². The number of hydrogen-bond donors (Lipinski definition) is 2. The molecule has 0 radical (unpaired) electrons. The Morgan fingerprint density at radius 3 is 2.74 bits per heavy atom. The van der Waals surface area contributed by atoms with Crippen molar-refractivity contribution >= 4 is 5.91 Å². The SMILES string of the molecule is C[C@H](N)C(=O)N[C@@H](Cn1cncn1)c1ccccc1. The third kappa shape index (κ3) is 3.62. The van der Waals surface area contributed by atoms with Crippen molar-refractivity contribution in [3.63, 3.8) is 0 Å². The van der Waals surface area contributed by atoms with Crippen molar-refractivity contribution in [2.45, 2.75) is 25.6 Å². The average Bonchev–Trinajstić information content (AvgIpc) is 2.91. The Labute approximate surface area is 111 Å². The van der Waals surface area contributed by atoms with Gasteiger partial charge in [-0.2, -0.15) is 5.10 Å². The number of carbonyl (C=O) groups is 1. The molecule has 0 fully saturated rings. The Balaban J connectivity index is 2.16. The van der Waals surface area contributed by atoms with Crippen LogP contribution in [0.3, 0.4) is 0 Å². The second kappa shape index (κ2) is 6.10. The van der Waals surface area contributed by atoms with E-state index in [1.54, 1.807) is 17.9 Å². The zero-order valence-corrected chi connectivity index (χ0v) is 10.7. The molecule has 0 aliphatic carbocycles. The zero-order valence-electron chi connectivity index (χ0n) is 10.7. The molecule has 2 atom stereocenters. The summed E-state index contributed by atoms with van der Waals surface area (Å²) in [7, 11) is 0. The van der Waals surface area contributed by atoms with Crippen molar-refractivity contribution in [3.05, 3.63) is 48.5 Å². The molecule has 0 bridgehead atoms. The van der Waals surface area contributed by atoms with Crippen molar-refractivity contribution in [1.82, 2.24) is 20.1 Å². The van der Waals surface area contributed by atoms with Crippen LogP contribution in [0.25, 0.3) is 0 Å². The molecule has 0 aliphatic heterocycles. The summed E-state index contributed by atoms with van der Waals surface area (Å²) < 4.78 is 1.68. The number of carbonyl (C=O) groups excluding carboxylic acids is 1. The van der Waals surface area contributed by atoms with E-state index in [0.29, 0.717) is 6.54 Å². The monoisotopic (exact) mass is 259 g/mol. The van der Waals surface area contributed by atoms with Crippen LogP contribution >= 0.6 is 0 Å². The molecule has 0 spiro atoms. The molecule has 6 heteroatoms. The number of hydrogen-bond acceptors (Lipinski definition) is 4. The van der Waals surface area contributed by atoms with Gasteiger partial charge in [0.05, 0.1) is 18.6 Å². The second-order valence-electron chi connectivity index (χ2n) is 4.38. The fourth-order valence-electron chi connectivity index (χ4n) is 1.74. The Morgan fingerprint density at radius 2 is 2.16 bits per heavy atom. The van der Waals surface area contributed by atoms with Crippen LogP contribution in [-0.2, 0) is 11.3 Å². The third-order valence-electron chi connectivity index (χ3n) is 2.77. The number of aromatic nitrogens is 3. The minimum absolute atomic E-state index is 0.179. The standard InChI is InChI=1S/C13H17N5O/c1-10(14)13(19)17-12(7-18-9-15-8-16-18)11-5-3-2-4-6-11/h2-6,8-10,12H,7,14H2,1H3,(H,17,19)/t10-,12-/m0/s1. The van der Waals surface area contributed by atoms with E-state index in [2.05, 4.69) is 15.4 Å². The molecule has 2 rings (SSSR count). The highest BCUT2D eigenvalue weighted by Crippen LogP contribution is 2.14. The molecule has 0 unspecified atom stereocenters. The van der Waals surface area contributed by atoms with Crippen LogP contribution in [0.5, 0.6) is 0 Å². The molecule has 1 heterocycles. The van der Waals surface area contributed by atoms with Gasteiger partial charge in [0.2, 0.25) is 5.91 Å². The van der Waals surface area contributed by atoms with Crippen LogP contribution in [0.2, 0.25) is 0 Å². The fourth-order valence-corrected chi connectivity index (χ4v) is 1.74. The first-order valence-corrected chi connectivity index (χ1v) is 6.10. The van der Waals surface area contributed by atoms with Crippen LogP contribution in [0.1, 0.15) is 18.5 Å². The smallest absolute Gasteiger partial charge is 0.237 e. The molecule has 1 amide bonds. The van der Waals surface area contributed by atoms with Gasteiger partial charge in [-0.25, -0.2) is 4.98 Å². The molecule has 100 valence electrons. The second-order valence-corrected chi connectivity index (χ2v) is 4.38. The first kappa shape index (κ1) is 13.2. The summed E-state index contributed by atoms with van der Waals surface area (Å²) in [6.45, 7) is 2.18. The number of nitrogens with zero attached hydrogens (tertiary/aromatic N) is 3. The third-order valence-corrected chi connectivity index (χ3v) is 2.77. The van der Waals surface area contributed by atoms with Gasteiger partial charge in [0.25, 0.3) is 0 Å². The predicted octanol–water partition coefficient (Wildman–Crippen LogP) is 0.483. The molecule has 3 N–H and O–H groups in total. The molecule has 1 aromatic heterocycles. The fraction of sp³-hybridized carbons (Fsp3) is 0.308. The van der Waals surface area contributed by atoms with E-state index in [4.69, 9.17) is 5.73 Å². The van der Waals surface area contributed by atoms with Crippen molar-refractivity contribution in [3.8, 4) is 0 Å². The zero-order chi connectivity index (χ0) is 13.7. The number of benzene rings is 1. The summed E-state index contributed by atoms with van der Waals surface area (Å²) in [6.07, 6.45) is 3.09. The maximum Gasteiger partial charge on any atom is 0.237 e. The first-order valence-electron chi connectivity index (χ1n) is 6.10. The molecule has 0 aliphatic rings. The Bertz CT molecular complexity index is 509. The van der Waals surface area contributed by atoms with Crippen molar-refractivity contribution < 1.29 is 4.79 Å². The maximum absolute atomic E-state index is 11.8. The normalized spacial score (nSPS) is 13.8. The van der Waals surface area contributed by atoms with E-state index < -0.39 is 6.04 Å². The minimum atomic E-state index is -0.540. The van der Waals surface area contributed by atoms with Crippen LogP contribution < -0.4 is 11.1 Å². The average molecular weight is 259 g/mol. The van der Waals surface area contributed by atoms with E-state index in [9.17, 15) is 4.79 Å². The number of amides is 1. The number of rotatable bonds is 5. The number of nitrogens with two attached hydrogens (primary N) is 1. The summed E-state index contributed by atoms with van der Waals surface area (Å²) in [5.74, 6) is -0.186. The lowest BCUT2D eigenvalue weighted by Crippen LogP contribution is -2.41. The van der Waals surface area contributed by atoms with Gasteiger partial charge in [-0.15, -0.1) is 0 Å². The van der Waals surface area contributed by atoms with Gasteiger partial charge >= 0.3 is 0 Å². The lowest BCUT2D eigenvalue weighted by Gasteiger charge is -2.20. The van der Waals surface area contributed by atoms with Crippen LogP contribution in [0.4, 0.5) is 0 Å². The lowest BCUT2D eigenvalue weighted by atomic mass is 10.1. The lowest BCUT2D eigenvalue weighted by molar-refractivity contribution is -0.122. The van der Waals surface area contributed by atoms with Gasteiger partial charge in [0, 0.05) is 0 Å². The molecule has 1 aromatic carbocycles. The van der Waals surface area contributed by atoms with Crippen LogP contribution in [-0.4, -0.2) is 26.7 Å². The summed E-state index contributed by atoms with van der Waals surface area (Å²) in [6, 6.07) is 9.00. The predicted molar refractivity (Wildman–Crippen MR) is 71.0 cm³/mol. The van der Waals surface area contributed by atoms with Crippen molar-refractivity contribution in [2.75, 3.05) is 0 Å².